The Morgan fingerprint density at radius 2 is 1.77 bits per heavy atom. The van der Waals surface area contributed by atoms with Crippen molar-refractivity contribution in [2.75, 3.05) is 0 Å². The Balaban J connectivity index is 1.47. The van der Waals surface area contributed by atoms with Gasteiger partial charge in [0.15, 0.2) is 0 Å². The molecule has 1 amide bonds. The van der Waals surface area contributed by atoms with Crippen molar-refractivity contribution in [3.05, 3.63) is 78.0 Å². The predicted molar refractivity (Wildman–Crippen MR) is 115 cm³/mol. The zero-order chi connectivity index (χ0) is 21.8. The van der Waals surface area contributed by atoms with Gasteiger partial charge in [-0.05, 0) is 66.3 Å². The number of hydrogen-bond acceptors (Lipinski definition) is 4. The number of nitrogens with one attached hydrogen (secondary N) is 1. The van der Waals surface area contributed by atoms with Crippen LogP contribution in [0.5, 0.6) is 0 Å². The van der Waals surface area contributed by atoms with Gasteiger partial charge in [-0.15, -0.1) is 0 Å². The molecule has 4 rings (SSSR count). The first-order valence-corrected chi connectivity index (χ1v) is 11.4. The number of carbonyl (C=O) groups is 1. The summed E-state index contributed by atoms with van der Waals surface area (Å²) in [5.41, 5.74) is 1.95. The molecule has 160 valence electrons. The van der Waals surface area contributed by atoms with E-state index in [4.69, 9.17) is 0 Å². The van der Waals surface area contributed by atoms with Gasteiger partial charge in [0.05, 0.1) is 0 Å². The molecular weight excluding hydrogens is 441 g/mol. The molecule has 0 saturated heterocycles. The summed E-state index contributed by atoms with van der Waals surface area (Å²) in [5, 5.41) is 2.81. The fourth-order valence-corrected chi connectivity index (χ4v) is 4.89. The molecule has 1 fully saturated rings. The SMILES string of the molecule is O=C(NCc1ccc(Sc2ccc(C3CC3)cc2Sc2ccccn2)cc1)C(F)(F)F. The highest BCUT2D eigenvalue weighted by Gasteiger charge is 2.38. The molecule has 0 aliphatic heterocycles. The number of halogens is 3. The van der Waals surface area contributed by atoms with Crippen molar-refractivity contribution in [1.82, 2.24) is 10.3 Å². The molecule has 3 aromatic rings. The summed E-state index contributed by atoms with van der Waals surface area (Å²) >= 11 is 3.22. The van der Waals surface area contributed by atoms with E-state index < -0.39 is 12.1 Å². The number of nitrogens with zero attached hydrogens (tertiary/aromatic N) is 1. The van der Waals surface area contributed by atoms with Crippen molar-refractivity contribution in [1.29, 1.82) is 0 Å². The fourth-order valence-electron chi connectivity index (χ4n) is 2.96. The number of alkyl halides is 3. The van der Waals surface area contributed by atoms with Gasteiger partial charge in [-0.1, -0.05) is 47.8 Å². The van der Waals surface area contributed by atoms with Crippen LogP contribution in [0.1, 0.15) is 29.9 Å². The van der Waals surface area contributed by atoms with Crippen LogP contribution in [0.2, 0.25) is 0 Å². The molecule has 1 saturated carbocycles. The lowest BCUT2D eigenvalue weighted by atomic mass is 10.1. The molecule has 1 aliphatic rings. The van der Waals surface area contributed by atoms with Gasteiger partial charge in [0.2, 0.25) is 0 Å². The molecule has 0 atom stereocenters. The van der Waals surface area contributed by atoms with Gasteiger partial charge in [-0.3, -0.25) is 4.79 Å². The Morgan fingerprint density at radius 1 is 1.00 bits per heavy atom. The monoisotopic (exact) mass is 460 g/mol. The van der Waals surface area contributed by atoms with Gasteiger partial charge in [0, 0.05) is 27.4 Å². The average Bonchev–Trinajstić information content (AvgIpc) is 3.60. The zero-order valence-electron chi connectivity index (χ0n) is 16.4. The van der Waals surface area contributed by atoms with Crippen LogP contribution >= 0.6 is 23.5 Å². The van der Waals surface area contributed by atoms with Crippen LogP contribution in [-0.4, -0.2) is 17.1 Å². The number of hydrogen-bond donors (Lipinski definition) is 1. The van der Waals surface area contributed by atoms with Crippen molar-refractivity contribution >= 4 is 29.4 Å². The van der Waals surface area contributed by atoms with Gasteiger partial charge < -0.3 is 5.32 Å². The Hall–Kier alpha value is -2.45. The summed E-state index contributed by atoms with van der Waals surface area (Å²) in [6, 6.07) is 19.5. The summed E-state index contributed by atoms with van der Waals surface area (Å²) in [5.74, 6) is -1.29. The minimum atomic E-state index is -4.87. The molecule has 1 aliphatic carbocycles. The second kappa shape index (κ2) is 9.36. The average molecular weight is 461 g/mol. The van der Waals surface area contributed by atoms with Gasteiger partial charge in [0.25, 0.3) is 0 Å². The molecule has 0 unspecified atom stereocenters. The first-order chi connectivity index (χ1) is 14.9. The maximum Gasteiger partial charge on any atom is 0.471 e. The Bertz CT molecular complexity index is 1050. The Kier molecular flexibility index (Phi) is 6.57. The second-order valence-electron chi connectivity index (χ2n) is 7.18. The number of rotatable bonds is 7. The van der Waals surface area contributed by atoms with Crippen molar-refractivity contribution in [2.24, 2.45) is 0 Å². The third-order valence-electron chi connectivity index (χ3n) is 4.73. The van der Waals surface area contributed by atoms with Crippen LogP contribution in [-0.2, 0) is 11.3 Å². The lowest BCUT2D eigenvalue weighted by Crippen LogP contribution is -2.36. The number of pyridine rings is 1. The third-order valence-corrected chi connectivity index (χ3v) is 6.95. The summed E-state index contributed by atoms with van der Waals surface area (Å²) < 4.78 is 36.9. The molecular formula is C23H19F3N2OS2. The van der Waals surface area contributed by atoms with Crippen molar-refractivity contribution < 1.29 is 18.0 Å². The summed E-state index contributed by atoms with van der Waals surface area (Å²) in [7, 11) is 0. The van der Waals surface area contributed by atoms with Crippen LogP contribution < -0.4 is 5.32 Å². The first kappa shape index (κ1) is 21.8. The quantitative estimate of drug-likeness (QED) is 0.441. The number of benzene rings is 2. The number of amides is 1. The molecule has 1 aromatic heterocycles. The number of carbonyl (C=O) groups excluding carboxylic acids is 1. The minimum Gasteiger partial charge on any atom is -0.344 e. The first-order valence-electron chi connectivity index (χ1n) is 9.73. The predicted octanol–water partition coefficient (Wildman–Crippen LogP) is 6.44. The smallest absolute Gasteiger partial charge is 0.344 e. The van der Waals surface area contributed by atoms with E-state index in [1.807, 2.05) is 35.6 Å². The maximum absolute atomic E-state index is 12.3. The van der Waals surface area contributed by atoms with Crippen molar-refractivity contribution in [3.63, 3.8) is 0 Å². The lowest BCUT2D eigenvalue weighted by Gasteiger charge is -2.12. The number of aromatic nitrogens is 1. The molecule has 31 heavy (non-hydrogen) atoms. The normalized spacial score (nSPS) is 13.8. The van der Waals surface area contributed by atoms with E-state index in [-0.39, 0.29) is 6.54 Å². The Morgan fingerprint density at radius 3 is 2.42 bits per heavy atom. The van der Waals surface area contributed by atoms with E-state index in [0.717, 1.165) is 19.7 Å². The zero-order valence-corrected chi connectivity index (χ0v) is 18.0. The highest BCUT2D eigenvalue weighted by molar-refractivity contribution is 8.02. The van der Waals surface area contributed by atoms with Gasteiger partial charge in [-0.2, -0.15) is 13.2 Å². The lowest BCUT2D eigenvalue weighted by molar-refractivity contribution is -0.173. The summed E-state index contributed by atoms with van der Waals surface area (Å²) in [4.78, 5) is 18.6. The van der Waals surface area contributed by atoms with Crippen LogP contribution in [0.3, 0.4) is 0 Å². The second-order valence-corrected chi connectivity index (χ2v) is 9.35. The van der Waals surface area contributed by atoms with E-state index >= 15 is 0 Å². The molecule has 3 nitrogen and oxygen atoms in total. The summed E-state index contributed by atoms with van der Waals surface area (Å²) in [6.45, 7) is -0.167. The molecule has 2 aromatic carbocycles. The maximum atomic E-state index is 12.3. The van der Waals surface area contributed by atoms with Crippen LogP contribution in [0.4, 0.5) is 13.2 Å². The van der Waals surface area contributed by atoms with Gasteiger partial charge in [-0.25, -0.2) is 4.98 Å². The summed E-state index contributed by atoms with van der Waals surface area (Å²) in [6.07, 6.45) is -0.640. The van der Waals surface area contributed by atoms with E-state index in [0.29, 0.717) is 11.5 Å². The van der Waals surface area contributed by atoms with E-state index in [9.17, 15) is 18.0 Å². The third kappa shape index (κ3) is 6.04. The van der Waals surface area contributed by atoms with E-state index in [1.165, 1.54) is 18.4 Å². The van der Waals surface area contributed by atoms with Crippen LogP contribution in [0, 0.1) is 0 Å². The van der Waals surface area contributed by atoms with Crippen LogP contribution in [0.25, 0.3) is 0 Å². The Labute approximate surface area is 186 Å². The highest BCUT2D eigenvalue weighted by atomic mass is 32.2. The topological polar surface area (TPSA) is 42.0 Å². The standard InChI is InChI=1S/C23H19F3N2OS2/c24-23(25,26)22(29)28-14-15-4-9-18(10-5-15)30-19-11-8-17(16-6-7-16)13-20(19)31-21-3-1-2-12-27-21/h1-5,8-13,16H,6-7,14H2,(H,28,29). The van der Waals surface area contributed by atoms with E-state index in [1.54, 1.807) is 41.9 Å². The van der Waals surface area contributed by atoms with Gasteiger partial charge >= 0.3 is 12.1 Å². The fraction of sp³-hybridized carbons (Fsp3) is 0.217. The molecule has 1 heterocycles. The molecule has 0 radical (unpaired) electrons. The highest BCUT2D eigenvalue weighted by Crippen LogP contribution is 2.45. The minimum absolute atomic E-state index is 0.167. The van der Waals surface area contributed by atoms with E-state index in [2.05, 4.69) is 23.2 Å². The molecule has 8 heteroatoms. The molecule has 0 spiro atoms. The van der Waals surface area contributed by atoms with Crippen molar-refractivity contribution in [3.8, 4) is 0 Å². The van der Waals surface area contributed by atoms with Gasteiger partial charge in [0.1, 0.15) is 5.03 Å². The molecule has 0 bridgehead atoms. The molecule has 1 N–H and O–H groups in total. The largest absolute Gasteiger partial charge is 0.471 e. The van der Waals surface area contributed by atoms with Crippen molar-refractivity contribution in [2.45, 2.75) is 51.2 Å². The van der Waals surface area contributed by atoms with Crippen LogP contribution in [0.15, 0.2) is 86.6 Å².